The van der Waals surface area contributed by atoms with Crippen LogP contribution in [0.5, 0.6) is 11.5 Å². The van der Waals surface area contributed by atoms with Crippen molar-refractivity contribution in [2.75, 3.05) is 34.4 Å². The van der Waals surface area contributed by atoms with E-state index in [1.807, 2.05) is 50.5 Å². The Morgan fingerprint density at radius 1 is 1.07 bits per heavy atom. The van der Waals surface area contributed by atoms with E-state index in [1.165, 1.54) is 30.6 Å². The molecule has 1 aromatic heterocycles. The first-order valence-electron chi connectivity index (χ1n) is 10.6. The van der Waals surface area contributed by atoms with Crippen LogP contribution in [-0.4, -0.2) is 45.0 Å². The number of nitrogens with zero attached hydrogens (tertiary/aromatic N) is 1. The largest absolute Gasteiger partial charge is 0.497 e. The van der Waals surface area contributed by atoms with Crippen LogP contribution in [0.2, 0.25) is 0 Å². The summed E-state index contributed by atoms with van der Waals surface area (Å²) in [6.07, 6.45) is 4.83. The van der Waals surface area contributed by atoms with Gasteiger partial charge in [-0.25, -0.2) is 0 Å². The highest BCUT2D eigenvalue weighted by atomic mass is 32.1. The number of thiophene rings is 1. The number of benzene rings is 2. The van der Waals surface area contributed by atoms with Gasteiger partial charge in [0.15, 0.2) is 5.78 Å². The van der Waals surface area contributed by atoms with Gasteiger partial charge in [0.25, 0.3) is 0 Å². The molecule has 4 nitrogen and oxygen atoms in total. The lowest BCUT2D eigenvalue weighted by Crippen LogP contribution is -2.19. The fourth-order valence-corrected chi connectivity index (χ4v) is 5.52. The zero-order valence-corrected chi connectivity index (χ0v) is 18.8. The van der Waals surface area contributed by atoms with Crippen LogP contribution in [0.15, 0.2) is 42.5 Å². The van der Waals surface area contributed by atoms with E-state index in [4.69, 9.17) is 9.47 Å². The number of hydrogen-bond acceptors (Lipinski definition) is 5. The summed E-state index contributed by atoms with van der Waals surface area (Å²) in [6, 6.07) is 13.6. The minimum atomic E-state index is 0.105. The fraction of sp³-hybridized carbons (Fsp3) is 0.400. The van der Waals surface area contributed by atoms with Crippen molar-refractivity contribution in [3.8, 4) is 11.5 Å². The first-order valence-corrected chi connectivity index (χ1v) is 11.4. The Hall–Kier alpha value is -2.37. The summed E-state index contributed by atoms with van der Waals surface area (Å²) in [5, 5.41) is 1.04. The molecule has 0 unspecified atom stereocenters. The van der Waals surface area contributed by atoms with Crippen LogP contribution >= 0.6 is 11.3 Å². The van der Waals surface area contributed by atoms with E-state index in [0.29, 0.717) is 18.1 Å². The van der Waals surface area contributed by atoms with Crippen molar-refractivity contribution < 1.29 is 14.3 Å². The van der Waals surface area contributed by atoms with Crippen molar-refractivity contribution in [3.05, 3.63) is 58.5 Å². The fourth-order valence-electron chi connectivity index (χ4n) is 4.13. The van der Waals surface area contributed by atoms with Gasteiger partial charge in [-0.1, -0.05) is 12.8 Å². The SMILES string of the molecule is COc1ccc2c(C(=O)c3ccc(OCCN(C)C)cc3)c(C3CCCC3)sc2c1. The maximum absolute atomic E-state index is 13.6. The van der Waals surface area contributed by atoms with Crippen LogP contribution in [-0.2, 0) is 0 Å². The molecule has 0 bridgehead atoms. The van der Waals surface area contributed by atoms with Crippen molar-refractivity contribution in [1.82, 2.24) is 4.90 Å². The lowest BCUT2D eigenvalue weighted by Gasteiger charge is -2.12. The number of likely N-dealkylation sites (N-methyl/N-ethyl adjacent to an activating group) is 1. The van der Waals surface area contributed by atoms with Crippen molar-refractivity contribution in [1.29, 1.82) is 0 Å². The molecule has 0 amide bonds. The number of ketones is 1. The predicted octanol–water partition coefficient (Wildman–Crippen LogP) is 5.74. The van der Waals surface area contributed by atoms with Gasteiger partial charge in [0.1, 0.15) is 18.1 Å². The first-order chi connectivity index (χ1) is 14.6. The second-order valence-corrected chi connectivity index (χ2v) is 9.27. The summed E-state index contributed by atoms with van der Waals surface area (Å²) < 4.78 is 12.3. The van der Waals surface area contributed by atoms with E-state index in [0.717, 1.165) is 33.7 Å². The molecule has 0 N–H and O–H groups in total. The molecule has 1 aliphatic carbocycles. The molecule has 4 rings (SSSR count). The number of fused-ring (bicyclic) bond motifs is 1. The Kier molecular flexibility index (Phi) is 6.40. The number of hydrogen-bond donors (Lipinski definition) is 0. The Morgan fingerprint density at radius 3 is 2.43 bits per heavy atom. The third kappa shape index (κ3) is 4.37. The predicted molar refractivity (Wildman–Crippen MR) is 124 cm³/mol. The van der Waals surface area contributed by atoms with E-state index in [2.05, 4.69) is 11.0 Å². The topological polar surface area (TPSA) is 38.8 Å². The molecule has 1 saturated carbocycles. The highest BCUT2D eigenvalue weighted by Gasteiger charge is 2.27. The second kappa shape index (κ2) is 9.19. The van der Waals surface area contributed by atoms with Crippen molar-refractivity contribution in [2.24, 2.45) is 0 Å². The molecule has 5 heteroatoms. The normalized spacial score (nSPS) is 14.5. The van der Waals surface area contributed by atoms with Crippen molar-refractivity contribution >= 4 is 27.2 Å². The van der Waals surface area contributed by atoms with Crippen LogP contribution in [0, 0.1) is 0 Å². The highest BCUT2D eigenvalue weighted by Crippen LogP contribution is 2.44. The van der Waals surface area contributed by atoms with Gasteiger partial charge in [0.05, 0.1) is 7.11 Å². The number of ether oxygens (including phenoxy) is 2. The first kappa shape index (κ1) is 20.9. The summed E-state index contributed by atoms with van der Waals surface area (Å²) in [6.45, 7) is 1.49. The maximum atomic E-state index is 13.6. The van der Waals surface area contributed by atoms with Gasteiger partial charge < -0.3 is 14.4 Å². The molecular formula is C25H29NO3S. The van der Waals surface area contributed by atoms with Gasteiger partial charge in [-0.3, -0.25) is 4.79 Å². The highest BCUT2D eigenvalue weighted by molar-refractivity contribution is 7.19. The summed E-state index contributed by atoms with van der Waals surface area (Å²) in [7, 11) is 5.72. The maximum Gasteiger partial charge on any atom is 0.194 e. The molecule has 30 heavy (non-hydrogen) atoms. The zero-order chi connectivity index (χ0) is 21.1. The third-order valence-electron chi connectivity index (χ3n) is 5.80. The van der Waals surface area contributed by atoms with E-state index in [9.17, 15) is 4.79 Å². The molecule has 0 radical (unpaired) electrons. The number of carbonyl (C=O) groups excluding carboxylic acids is 1. The summed E-state index contributed by atoms with van der Waals surface area (Å²) >= 11 is 1.76. The van der Waals surface area contributed by atoms with Gasteiger partial charge in [-0.2, -0.15) is 0 Å². The standard InChI is InChI=1S/C25H29NO3S/c1-26(2)14-15-29-19-10-8-17(9-11-19)24(27)23-21-13-12-20(28-3)16-22(21)30-25(23)18-6-4-5-7-18/h8-13,16,18H,4-7,14-15H2,1-3H3. The molecule has 0 aliphatic heterocycles. The number of methoxy groups -OCH3 is 1. The minimum absolute atomic E-state index is 0.105. The molecule has 0 atom stereocenters. The van der Waals surface area contributed by atoms with Crippen molar-refractivity contribution in [2.45, 2.75) is 31.6 Å². The van der Waals surface area contributed by atoms with Gasteiger partial charge in [-0.15, -0.1) is 11.3 Å². The summed E-state index contributed by atoms with van der Waals surface area (Å²) in [5.74, 6) is 2.22. The van der Waals surface area contributed by atoms with E-state index in [1.54, 1.807) is 18.4 Å². The summed E-state index contributed by atoms with van der Waals surface area (Å²) in [4.78, 5) is 16.9. The smallest absolute Gasteiger partial charge is 0.194 e. The molecule has 2 aromatic carbocycles. The quantitative estimate of drug-likeness (QED) is 0.433. The Bertz CT molecular complexity index is 1020. The Morgan fingerprint density at radius 2 is 1.77 bits per heavy atom. The van der Waals surface area contributed by atoms with Crippen LogP contribution in [0.1, 0.15) is 52.4 Å². The molecule has 0 saturated heterocycles. The van der Waals surface area contributed by atoms with Crippen LogP contribution in [0.25, 0.3) is 10.1 Å². The molecule has 1 heterocycles. The lowest BCUT2D eigenvalue weighted by atomic mass is 9.94. The van der Waals surface area contributed by atoms with Crippen LogP contribution < -0.4 is 9.47 Å². The Labute approximate surface area is 182 Å². The van der Waals surface area contributed by atoms with Gasteiger partial charge in [0.2, 0.25) is 0 Å². The van der Waals surface area contributed by atoms with Crippen molar-refractivity contribution in [3.63, 3.8) is 0 Å². The van der Waals surface area contributed by atoms with E-state index < -0.39 is 0 Å². The lowest BCUT2D eigenvalue weighted by molar-refractivity contribution is 0.103. The number of rotatable bonds is 8. The summed E-state index contributed by atoms with van der Waals surface area (Å²) in [5.41, 5.74) is 1.59. The Balaban J connectivity index is 1.65. The van der Waals surface area contributed by atoms with E-state index >= 15 is 0 Å². The van der Waals surface area contributed by atoms with Crippen LogP contribution in [0.3, 0.4) is 0 Å². The molecule has 1 aliphatic rings. The zero-order valence-electron chi connectivity index (χ0n) is 17.9. The average molecular weight is 424 g/mol. The molecule has 1 fully saturated rings. The van der Waals surface area contributed by atoms with Gasteiger partial charge in [-0.05, 0) is 75.3 Å². The molecule has 158 valence electrons. The van der Waals surface area contributed by atoms with Gasteiger partial charge >= 0.3 is 0 Å². The molecule has 3 aromatic rings. The third-order valence-corrected chi connectivity index (χ3v) is 7.12. The van der Waals surface area contributed by atoms with E-state index in [-0.39, 0.29) is 5.78 Å². The molecule has 0 spiro atoms. The second-order valence-electron chi connectivity index (χ2n) is 8.19. The van der Waals surface area contributed by atoms with Gasteiger partial charge in [0, 0.05) is 32.6 Å². The minimum Gasteiger partial charge on any atom is -0.497 e. The number of carbonyl (C=O) groups is 1. The average Bonchev–Trinajstić information content (AvgIpc) is 3.40. The van der Waals surface area contributed by atoms with Crippen LogP contribution in [0.4, 0.5) is 0 Å². The monoisotopic (exact) mass is 423 g/mol. The molecular weight excluding hydrogens is 394 g/mol.